The van der Waals surface area contributed by atoms with Gasteiger partial charge >= 0.3 is 0 Å². The number of nitrogens with zero attached hydrogens (tertiary/aromatic N) is 5. The Labute approximate surface area is 137 Å². The Balaban J connectivity index is 1.81. The minimum absolute atomic E-state index is 0.137. The van der Waals surface area contributed by atoms with E-state index in [-0.39, 0.29) is 5.56 Å². The molecular formula is C17H15N5O2. The molecule has 1 aromatic carbocycles. The molecule has 7 heteroatoms. The second kappa shape index (κ2) is 5.45. The van der Waals surface area contributed by atoms with Crippen LogP contribution in [0.15, 0.2) is 52.2 Å². The van der Waals surface area contributed by atoms with Crippen LogP contribution in [0.3, 0.4) is 0 Å². The van der Waals surface area contributed by atoms with Crippen molar-refractivity contribution in [2.24, 2.45) is 0 Å². The molecule has 24 heavy (non-hydrogen) atoms. The number of rotatable bonds is 3. The van der Waals surface area contributed by atoms with Gasteiger partial charge in [0.2, 0.25) is 0 Å². The molecule has 3 heterocycles. The fraction of sp³-hybridized carbons (Fsp3) is 0.176. The van der Waals surface area contributed by atoms with E-state index in [1.807, 2.05) is 44.2 Å². The van der Waals surface area contributed by atoms with Crippen molar-refractivity contribution in [2.75, 3.05) is 0 Å². The van der Waals surface area contributed by atoms with Gasteiger partial charge in [-0.1, -0.05) is 23.4 Å². The third kappa shape index (κ3) is 2.21. The second-order valence-corrected chi connectivity index (χ2v) is 5.61. The van der Waals surface area contributed by atoms with Gasteiger partial charge in [0.15, 0.2) is 5.65 Å². The summed E-state index contributed by atoms with van der Waals surface area (Å²) in [6, 6.07) is 9.61. The third-order valence-electron chi connectivity index (χ3n) is 4.06. The fourth-order valence-corrected chi connectivity index (χ4v) is 2.72. The highest BCUT2D eigenvalue weighted by Gasteiger charge is 2.14. The van der Waals surface area contributed by atoms with Gasteiger partial charge in [-0.3, -0.25) is 9.36 Å². The molecule has 120 valence electrons. The lowest BCUT2D eigenvalue weighted by molar-refractivity contribution is 0.392. The topological polar surface area (TPSA) is 78.7 Å². The van der Waals surface area contributed by atoms with E-state index < -0.39 is 0 Å². The average molecular weight is 321 g/mol. The smallest absolute Gasteiger partial charge is 0.264 e. The maximum atomic E-state index is 12.7. The number of benzene rings is 1. The van der Waals surface area contributed by atoms with Crippen molar-refractivity contribution in [3.05, 3.63) is 70.2 Å². The highest BCUT2D eigenvalue weighted by molar-refractivity contribution is 5.74. The molecule has 0 radical (unpaired) electrons. The molecule has 0 bridgehead atoms. The summed E-state index contributed by atoms with van der Waals surface area (Å²) in [5.74, 6) is 0.708. The van der Waals surface area contributed by atoms with Crippen molar-refractivity contribution in [1.82, 2.24) is 24.5 Å². The van der Waals surface area contributed by atoms with Gasteiger partial charge in [-0.2, -0.15) is 5.10 Å². The van der Waals surface area contributed by atoms with E-state index in [9.17, 15) is 4.79 Å². The lowest BCUT2D eigenvalue weighted by atomic mass is 10.2. The third-order valence-corrected chi connectivity index (χ3v) is 4.06. The Morgan fingerprint density at radius 2 is 1.96 bits per heavy atom. The van der Waals surface area contributed by atoms with Crippen molar-refractivity contribution in [3.8, 4) is 5.69 Å². The largest absolute Gasteiger partial charge is 0.361 e. The number of aryl methyl sites for hydroxylation is 2. The molecule has 0 atom stereocenters. The van der Waals surface area contributed by atoms with Crippen LogP contribution in [0.1, 0.15) is 17.0 Å². The predicted octanol–water partition coefficient (Wildman–Crippen LogP) is 2.24. The fourth-order valence-electron chi connectivity index (χ4n) is 2.72. The molecule has 0 saturated carbocycles. The minimum Gasteiger partial charge on any atom is -0.361 e. The molecule has 0 saturated heterocycles. The summed E-state index contributed by atoms with van der Waals surface area (Å²) in [4.78, 5) is 17.2. The van der Waals surface area contributed by atoms with E-state index in [1.165, 1.54) is 6.33 Å². The molecular weight excluding hydrogens is 306 g/mol. The van der Waals surface area contributed by atoms with Gasteiger partial charge in [0.05, 0.1) is 24.1 Å². The van der Waals surface area contributed by atoms with Gasteiger partial charge in [0.1, 0.15) is 17.5 Å². The molecule has 4 rings (SSSR count). The molecule has 0 N–H and O–H groups in total. The molecule has 7 nitrogen and oxygen atoms in total. The van der Waals surface area contributed by atoms with Crippen LogP contribution in [-0.2, 0) is 6.54 Å². The lowest BCUT2D eigenvalue weighted by Crippen LogP contribution is -2.21. The van der Waals surface area contributed by atoms with Crippen molar-refractivity contribution in [1.29, 1.82) is 0 Å². The summed E-state index contributed by atoms with van der Waals surface area (Å²) in [6.45, 7) is 4.06. The lowest BCUT2D eigenvalue weighted by Gasteiger charge is -2.06. The zero-order chi connectivity index (χ0) is 16.7. The Hall–Kier alpha value is -3.22. The van der Waals surface area contributed by atoms with E-state index in [4.69, 9.17) is 4.52 Å². The van der Waals surface area contributed by atoms with E-state index >= 15 is 0 Å². The minimum atomic E-state index is -0.137. The molecule has 0 spiro atoms. The first kappa shape index (κ1) is 14.4. The highest BCUT2D eigenvalue weighted by Crippen LogP contribution is 2.15. The average Bonchev–Trinajstić information content (AvgIpc) is 3.17. The Morgan fingerprint density at radius 1 is 1.17 bits per heavy atom. The van der Waals surface area contributed by atoms with Crippen LogP contribution in [0.5, 0.6) is 0 Å². The number of hydrogen-bond donors (Lipinski definition) is 0. The molecule has 0 unspecified atom stereocenters. The SMILES string of the molecule is Cc1noc(C)c1Cn1cnc2c(cnn2-c2ccccc2)c1=O. The number of aromatic nitrogens is 5. The first-order valence-electron chi connectivity index (χ1n) is 7.55. The van der Waals surface area contributed by atoms with Crippen molar-refractivity contribution in [2.45, 2.75) is 20.4 Å². The van der Waals surface area contributed by atoms with E-state index in [1.54, 1.807) is 15.4 Å². The molecule has 0 fully saturated rings. The van der Waals surface area contributed by atoms with Crippen LogP contribution in [0.2, 0.25) is 0 Å². The maximum absolute atomic E-state index is 12.7. The molecule has 0 aliphatic rings. The maximum Gasteiger partial charge on any atom is 0.264 e. The number of fused-ring (bicyclic) bond motifs is 1. The van der Waals surface area contributed by atoms with Gasteiger partial charge in [0.25, 0.3) is 5.56 Å². The molecule has 0 aliphatic heterocycles. The van der Waals surface area contributed by atoms with Crippen LogP contribution in [0.4, 0.5) is 0 Å². The zero-order valence-corrected chi connectivity index (χ0v) is 13.3. The predicted molar refractivity (Wildman–Crippen MR) is 88.2 cm³/mol. The Morgan fingerprint density at radius 3 is 2.67 bits per heavy atom. The summed E-state index contributed by atoms with van der Waals surface area (Å²) >= 11 is 0. The van der Waals surface area contributed by atoms with Crippen molar-refractivity contribution in [3.63, 3.8) is 0 Å². The normalized spacial score (nSPS) is 11.2. The Bertz CT molecular complexity index is 1060. The monoisotopic (exact) mass is 321 g/mol. The van der Waals surface area contributed by atoms with E-state index in [2.05, 4.69) is 15.2 Å². The standard InChI is InChI=1S/C17H15N5O2/c1-11-15(12(2)24-20-11)9-21-10-18-16-14(17(21)23)8-19-22(16)13-6-4-3-5-7-13/h3-8,10H,9H2,1-2H3. The molecule has 0 aliphatic carbocycles. The first-order chi connectivity index (χ1) is 11.6. The van der Waals surface area contributed by atoms with Crippen LogP contribution in [-0.4, -0.2) is 24.5 Å². The van der Waals surface area contributed by atoms with Crippen LogP contribution < -0.4 is 5.56 Å². The first-order valence-corrected chi connectivity index (χ1v) is 7.55. The Kier molecular flexibility index (Phi) is 3.26. The number of para-hydroxylation sites is 1. The summed E-state index contributed by atoms with van der Waals surface area (Å²) in [7, 11) is 0. The zero-order valence-electron chi connectivity index (χ0n) is 13.3. The summed E-state index contributed by atoms with van der Waals surface area (Å²) in [6.07, 6.45) is 3.10. The van der Waals surface area contributed by atoms with Gasteiger partial charge in [-0.25, -0.2) is 9.67 Å². The van der Waals surface area contributed by atoms with Crippen molar-refractivity contribution < 1.29 is 4.52 Å². The molecule has 4 aromatic rings. The van der Waals surface area contributed by atoms with Crippen molar-refractivity contribution >= 4 is 11.0 Å². The summed E-state index contributed by atoms with van der Waals surface area (Å²) in [5.41, 5.74) is 2.94. The van der Waals surface area contributed by atoms with Crippen LogP contribution in [0, 0.1) is 13.8 Å². The molecule has 0 amide bonds. The van der Waals surface area contributed by atoms with Gasteiger partial charge in [-0.15, -0.1) is 0 Å². The summed E-state index contributed by atoms with van der Waals surface area (Å²) in [5, 5.41) is 8.71. The van der Waals surface area contributed by atoms with Gasteiger partial charge in [-0.05, 0) is 26.0 Å². The van der Waals surface area contributed by atoms with E-state index in [0.717, 1.165) is 16.9 Å². The number of hydrogen-bond acceptors (Lipinski definition) is 5. The van der Waals surface area contributed by atoms with E-state index in [0.29, 0.717) is 23.3 Å². The van der Waals surface area contributed by atoms with Crippen LogP contribution in [0.25, 0.3) is 16.7 Å². The van der Waals surface area contributed by atoms with Gasteiger partial charge < -0.3 is 4.52 Å². The summed E-state index contributed by atoms with van der Waals surface area (Å²) < 4.78 is 8.37. The van der Waals surface area contributed by atoms with Gasteiger partial charge in [0, 0.05) is 5.56 Å². The van der Waals surface area contributed by atoms with Crippen LogP contribution >= 0.6 is 0 Å². The highest BCUT2D eigenvalue weighted by atomic mass is 16.5. The second-order valence-electron chi connectivity index (χ2n) is 5.61. The molecule has 3 aromatic heterocycles. The quantitative estimate of drug-likeness (QED) is 0.578.